The van der Waals surface area contributed by atoms with Gasteiger partial charge >= 0.3 is 0 Å². The molecule has 2 rings (SSSR count). The van der Waals surface area contributed by atoms with Gasteiger partial charge in [0.2, 0.25) is 0 Å². The molecule has 0 fully saturated rings. The summed E-state index contributed by atoms with van der Waals surface area (Å²) in [6.07, 6.45) is 4.14. The Morgan fingerprint density at radius 3 is 2.79 bits per heavy atom. The molecule has 0 aliphatic rings. The van der Waals surface area contributed by atoms with Gasteiger partial charge in [0.25, 0.3) is 0 Å². The minimum atomic E-state index is 0.547. The molecule has 4 nitrogen and oxygen atoms in total. The summed E-state index contributed by atoms with van der Waals surface area (Å²) in [6.45, 7) is 0. The third-order valence-electron chi connectivity index (χ3n) is 1.80. The van der Waals surface area contributed by atoms with Crippen molar-refractivity contribution in [1.29, 1.82) is 0 Å². The van der Waals surface area contributed by atoms with Crippen LogP contribution in [-0.4, -0.2) is 26.0 Å². The van der Waals surface area contributed by atoms with Crippen molar-refractivity contribution in [3.63, 3.8) is 0 Å². The molecule has 0 bridgehead atoms. The third kappa shape index (κ3) is 1.90. The van der Waals surface area contributed by atoms with E-state index in [1.165, 1.54) is 0 Å². The highest BCUT2D eigenvalue weighted by molar-refractivity contribution is 6.17. The highest BCUT2D eigenvalue weighted by Crippen LogP contribution is 2.12. The predicted octanol–water partition coefficient (Wildman–Crippen LogP) is 1.65. The zero-order valence-electron chi connectivity index (χ0n) is 7.44. The zero-order valence-corrected chi connectivity index (χ0v) is 8.20. The Morgan fingerprint density at radius 2 is 2.07 bits per heavy atom. The molecule has 5 heteroatoms. The molecule has 0 saturated heterocycles. The van der Waals surface area contributed by atoms with Gasteiger partial charge in [0.05, 0.1) is 0 Å². The lowest BCUT2D eigenvalue weighted by molar-refractivity contribution is 0.951. The summed E-state index contributed by atoms with van der Waals surface area (Å²) in [6, 6.07) is 3.74. The van der Waals surface area contributed by atoms with Gasteiger partial charge in [-0.05, 0) is 12.1 Å². The number of alkyl halides is 1. The molecule has 14 heavy (non-hydrogen) atoms. The van der Waals surface area contributed by atoms with Crippen molar-refractivity contribution in [2.24, 2.45) is 0 Å². The zero-order chi connectivity index (χ0) is 9.80. The lowest BCUT2D eigenvalue weighted by atomic mass is 10.2. The fourth-order valence-electron chi connectivity index (χ4n) is 1.13. The van der Waals surface area contributed by atoms with E-state index in [0.29, 0.717) is 18.1 Å². The van der Waals surface area contributed by atoms with Gasteiger partial charge in [-0.2, -0.15) is 5.10 Å². The van der Waals surface area contributed by atoms with E-state index >= 15 is 0 Å². The minimum absolute atomic E-state index is 0.547. The van der Waals surface area contributed by atoms with E-state index in [0.717, 1.165) is 11.4 Å². The summed E-state index contributed by atoms with van der Waals surface area (Å²) >= 11 is 5.59. The second-order valence-electron chi connectivity index (χ2n) is 2.78. The molecule has 0 radical (unpaired) electrons. The smallest absolute Gasteiger partial charge is 0.181 e. The number of H-pyrrole nitrogens is 1. The molecule has 0 aliphatic heterocycles. The van der Waals surface area contributed by atoms with E-state index in [1.54, 1.807) is 12.4 Å². The van der Waals surface area contributed by atoms with E-state index in [4.69, 9.17) is 11.6 Å². The van der Waals surface area contributed by atoms with Gasteiger partial charge in [-0.3, -0.25) is 10.1 Å². The lowest BCUT2D eigenvalue weighted by Crippen LogP contribution is -1.88. The maximum Gasteiger partial charge on any atom is 0.181 e. The molecule has 72 valence electrons. The molecule has 0 unspecified atom stereocenters. The van der Waals surface area contributed by atoms with E-state index in [2.05, 4.69) is 20.2 Å². The van der Waals surface area contributed by atoms with Crippen LogP contribution < -0.4 is 0 Å². The fourth-order valence-corrected chi connectivity index (χ4v) is 1.31. The average molecular weight is 209 g/mol. The van der Waals surface area contributed by atoms with Crippen LogP contribution in [0.15, 0.2) is 24.5 Å². The van der Waals surface area contributed by atoms with Crippen LogP contribution in [0.4, 0.5) is 0 Å². The van der Waals surface area contributed by atoms with Gasteiger partial charge in [-0.25, -0.2) is 4.98 Å². The fraction of sp³-hybridized carbons (Fsp3) is 0.222. The number of aromatic amines is 1. The van der Waals surface area contributed by atoms with E-state index in [1.807, 2.05) is 12.1 Å². The van der Waals surface area contributed by atoms with Gasteiger partial charge in [-0.1, -0.05) is 0 Å². The van der Waals surface area contributed by atoms with Crippen molar-refractivity contribution in [3.05, 3.63) is 30.4 Å². The number of halogens is 1. The predicted molar refractivity (Wildman–Crippen MR) is 54.0 cm³/mol. The minimum Gasteiger partial charge on any atom is -0.265 e. The number of hydrogen-bond donors (Lipinski definition) is 1. The van der Waals surface area contributed by atoms with Crippen LogP contribution in [0.25, 0.3) is 11.4 Å². The molecule has 0 amide bonds. The summed E-state index contributed by atoms with van der Waals surface area (Å²) in [4.78, 5) is 8.22. The Labute approximate surface area is 86.4 Å². The first-order valence-corrected chi connectivity index (χ1v) is 4.81. The normalized spacial score (nSPS) is 10.4. The SMILES string of the molecule is ClCCc1nc(-c2ccncc2)n[nH]1. The highest BCUT2D eigenvalue weighted by atomic mass is 35.5. The molecule has 0 spiro atoms. The summed E-state index contributed by atoms with van der Waals surface area (Å²) in [5.74, 6) is 2.05. The molecule has 2 aromatic heterocycles. The summed E-state index contributed by atoms with van der Waals surface area (Å²) in [7, 11) is 0. The summed E-state index contributed by atoms with van der Waals surface area (Å²) in [5.41, 5.74) is 0.956. The Bertz CT molecular complexity index is 398. The Hall–Kier alpha value is -1.42. The molecule has 0 atom stereocenters. The Morgan fingerprint density at radius 1 is 1.29 bits per heavy atom. The van der Waals surface area contributed by atoms with Crippen LogP contribution >= 0.6 is 11.6 Å². The van der Waals surface area contributed by atoms with Crippen molar-refractivity contribution < 1.29 is 0 Å². The summed E-state index contributed by atoms with van der Waals surface area (Å²) in [5, 5.41) is 6.92. The van der Waals surface area contributed by atoms with Crippen LogP contribution in [0.1, 0.15) is 5.82 Å². The van der Waals surface area contributed by atoms with Gasteiger partial charge in [0.15, 0.2) is 5.82 Å². The number of nitrogens with one attached hydrogen (secondary N) is 1. The molecule has 2 aromatic rings. The molecular formula is C9H9ClN4. The molecule has 0 aromatic carbocycles. The van der Waals surface area contributed by atoms with Crippen LogP contribution in [0, 0.1) is 0 Å². The molecule has 0 aliphatic carbocycles. The van der Waals surface area contributed by atoms with E-state index in [9.17, 15) is 0 Å². The number of rotatable bonds is 3. The molecule has 2 heterocycles. The first-order chi connectivity index (χ1) is 6.90. The van der Waals surface area contributed by atoms with Crippen molar-refractivity contribution in [3.8, 4) is 11.4 Å². The number of hydrogen-bond acceptors (Lipinski definition) is 3. The molecule has 0 saturated carbocycles. The van der Waals surface area contributed by atoms with Crippen LogP contribution in [0.2, 0.25) is 0 Å². The van der Waals surface area contributed by atoms with Crippen molar-refractivity contribution in [2.75, 3.05) is 5.88 Å². The summed E-state index contributed by atoms with van der Waals surface area (Å²) < 4.78 is 0. The lowest BCUT2D eigenvalue weighted by Gasteiger charge is -1.91. The molecule has 1 N–H and O–H groups in total. The topological polar surface area (TPSA) is 54.5 Å². The Kier molecular flexibility index (Phi) is 2.74. The van der Waals surface area contributed by atoms with Crippen molar-refractivity contribution >= 4 is 11.6 Å². The standard InChI is InChI=1S/C9H9ClN4/c10-4-1-8-12-9(14-13-8)7-2-5-11-6-3-7/h2-3,5-6H,1,4H2,(H,12,13,14). The second kappa shape index (κ2) is 4.19. The van der Waals surface area contributed by atoms with Crippen LogP contribution in [0.3, 0.4) is 0 Å². The number of aryl methyl sites for hydroxylation is 1. The third-order valence-corrected chi connectivity index (χ3v) is 1.99. The van der Waals surface area contributed by atoms with Crippen LogP contribution in [-0.2, 0) is 6.42 Å². The number of nitrogens with zero attached hydrogens (tertiary/aromatic N) is 3. The maximum absolute atomic E-state index is 5.59. The molecular weight excluding hydrogens is 200 g/mol. The first-order valence-electron chi connectivity index (χ1n) is 4.28. The Balaban J connectivity index is 2.25. The van der Waals surface area contributed by atoms with Gasteiger partial charge in [-0.15, -0.1) is 11.6 Å². The maximum atomic E-state index is 5.59. The van der Waals surface area contributed by atoms with Gasteiger partial charge in [0, 0.05) is 30.3 Å². The van der Waals surface area contributed by atoms with E-state index < -0.39 is 0 Å². The van der Waals surface area contributed by atoms with Crippen LogP contribution in [0.5, 0.6) is 0 Å². The quantitative estimate of drug-likeness (QED) is 0.781. The monoisotopic (exact) mass is 208 g/mol. The number of pyridine rings is 1. The largest absolute Gasteiger partial charge is 0.265 e. The van der Waals surface area contributed by atoms with Gasteiger partial charge < -0.3 is 0 Å². The second-order valence-corrected chi connectivity index (χ2v) is 3.16. The highest BCUT2D eigenvalue weighted by Gasteiger charge is 2.04. The van der Waals surface area contributed by atoms with Crippen molar-refractivity contribution in [2.45, 2.75) is 6.42 Å². The van der Waals surface area contributed by atoms with Crippen molar-refractivity contribution in [1.82, 2.24) is 20.2 Å². The average Bonchev–Trinajstić information content (AvgIpc) is 2.68. The van der Waals surface area contributed by atoms with Gasteiger partial charge in [0.1, 0.15) is 5.82 Å². The van der Waals surface area contributed by atoms with E-state index in [-0.39, 0.29) is 0 Å². The number of aromatic nitrogens is 4. The first kappa shape index (κ1) is 9.15.